The molecule has 0 heterocycles. The number of carbonyl (C=O) groups excluding carboxylic acids is 3. The molecule has 0 aliphatic rings. The molecule has 346 valence electrons. The molecule has 1 atom stereocenters. The van der Waals surface area contributed by atoms with Crippen molar-refractivity contribution in [1.29, 1.82) is 0 Å². The van der Waals surface area contributed by atoms with Gasteiger partial charge in [-0.15, -0.1) is 0 Å². The average molecular weight is 839 g/mol. The number of unbranched alkanes of at least 4 members (excludes halogenated alkanes) is 24. The summed E-state index contributed by atoms with van der Waals surface area (Å²) in [5.74, 6) is -0.986. The normalized spacial score (nSPS) is 12.5. The Morgan fingerprint density at radius 3 is 1.08 bits per heavy atom. The van der Waals surface area contributed by atoms with Crippen molar-refractivity contribution >= 4 is 17.9 Å². The second-order valence-electron chi connectivity index (χ2n) is 16.7. The Labute approximate surface area is 370 Å². The van der Waals surface area contributed by atoms with E-state index in [-0.39, 0.29) is 37.5 Å². The van der Waals surface area contributed by atoms with Crippen LogP contribution in [0.1, 0.15) is 245 Å². The van der Waals surface area contributed by atoms with Gasteiger partial charge >= 0.3 is 17.9 Å². The molecule has 0 amide bonds. The van der Waals surface area contributed by atoms with Crippen molar-refractivity contribution < 1.29 is 28.6 Å². The van der Waals surface area contributed by atoms with Crippen molar-refractivity contribution in [2.24, 2.45) is 0 Å². The van der Waals surface area contributed by atoms with Crippen LogP contribution in [0.4, 0.5) is 0 Å². The fourth-order valence-corrected chi connectivity index (χ4v) is 6.98. The van der Waals surface area contributed by atoms with Crippen LogP contribution in [0.3, 0.4) is 0 Å². The first kappa shape index (κ1) is 57.1. The number of hydrogen-bond donors (Lipinski definition) is 0. The highest BCUT2D eigenvalue weighted by Gasteiger charge is 2.19. The van der Waals surface area contributed by atoms with E-state index in [1.165, 1.54) is 135 Å². The summed E-state index contributed by atoms with van der Waals surface area (Å²) < 4.78 is 16.7. The largest absolute Gasteiger partial charge is 0.462 e. The summed E-state index contributed by atoms with van der Waals surface area (Å²) >= 11 is 0. The van der Waals surface area contributed by atoms with E-state index in [2.05, 4.69) is 69.4 Å². The second-order valence-corrected chi connectivity index (χ2v) is 16.7. The molecule has 0 radical (unpaired) electrons. The van der Waals surface area contributed by atoms with Crippen LogP contribution in [0.2, 0.25) is 0 Å². The molecule has 0 aliphatic carbocycles. The Kier molecular flexibility index (Phi) is 46.4. The van der Waals surface area contributed by atoms with Gasteiger partial charge in [0, 0.05) is 19.3 Å². The minimum absolute atomic E-state index is 0.102. The summed E-state index contributed by atoms with van der Waals surface area (Å²) in [4.78, 5) is 37.9. The zero-order valence-electron chi connectivity index (χ0n) is 39.5. The maximum Gasteiger partial charge on any atom is 0.306 e. The monoisotopic (exact) mass is 839 g/mol. The van der Waals surface area contributed by atoms with Crippen molar-refractivity contribution in [3.8, 4) is 0 Å². The first-order valence-corrected chi connectivity index (χ1v) is 25.3. The zero-order chi connectivity index (χ0) is 43.7. The van der Waals surface area contributed by atoms with Crippen LogP contribution < -0.4 is 0 Å². The minimum Gasteiger partial charge on any atom is -0.462 e. The van der Waals surface area contributed by atoms with Gasteiger partial charge in [0.05, 0.1) is 0 Å². The van der Waals surface area contributed by atoms with Gasteiger partial charge in [-0.1, -0.05) is 216 Å². The fourth-order valence-electron chi connectivity index (χ4n) is 6.98. The minimum atomic E-state index is -0.810. The van der Waals surface area contributed by atoms with Crippen molar-refractivity contribution in [2.75, 3.05) is 13.2 Å². The van der Waals surface area contributed by atoms with Gasteiger partial charge in [-0.3, -0.25) is 14.4 Å². The topological polar surface area (TPSA) is 78.9 Å². The SMILES string of the molecule is CC/C=C\C/C=C\C/C=C\C/C=C\CCC(=O)OC(COC(=O)CCCCCCCCC/C=C\CCCCCCCC)COC(=O)CCCCCCCCCCCCCC. The third-order valence-electron chi connectivity index (χ3n) is 10.8. The van der Waals surface area contributed by atoms with Crippen molar-refractivity contribution in [3.05, 3.63) is 60.8 Å². The van der Waals surface area contributed by atoms with E-state index in [0.29, 0.717) is 19.3 Å². The molecule has 0 aromatic heterocycles. The molecule has 0 saturated carbocycles. The number of allylic oxidation sites excluding steroid dienone is 10. The summed E-state index contributed by atoms with van der Waals surface area (Å²) in [6.07, 6.45) is 59.3. The lowest BCUT2D eigenvalue weighted by Gasteiger charge is -2.18. The lowest BCUT2D eigenvalue weighted by molar-refractivity contribution is -0.166. The first-order valence-electron chi connectivity index (χ1n) is 25.3. The Morgan fingerprint density at radius 2 is 0.683 bits per heavy atom. The molecule has 6 heteroatoms. The quantitative estimate of drug-likeness (QED) is 0.0263. The van der Waals surface area contributed by atoms with Crippen molar-refractivity contribution in [1.82, 2.24) is 0 Å². The third kappa shape index (κ3) is 46.2. The molecule has 0 aromatic carbocycles. The molecule has 0 fully saturated rings. The molecular weight excluding hydrogens is 745 g/mol. The highest BCUT2D eigenvalue weighted by molar-refractivity contribution is 5.71. The van der Waals surface area contributed by atoms with Gasteiger partial charge in [-0.25, -0.2) is 0 Å². The Balaban J connectivity index is 4.43. The van der Waals surface area contributed by atoms with Crippen molar-refractivity contribution in [2.45, 2.75) is 252 Å². The van der Waals surface area contributed by atoms with Crippen LogP contribution >= 0.6 is 0 Å². The molecule has 0 aromatic rings. The van der Waals surface area contributed by atoms with E-state index in [1.807, 2.05) is 12.2 Å². The lowest BCUT2D eigenvalue weighted by atomic mass is 10.0. The maximum absolute atomic E-state index is 12.7. The standard InChI is InChI=1S/C54H94O6/c1-4-7-10-13-16-19-22-25-26-27-28-30-32-35-38-41-44-47-53(56)59-50-51(49-58-52(55)46-43-40-37-34-31-24-21-18-15-12-9-6-3)60-54(57)48-45-42-39-36-33-29-23-20-17-14-11-8-5-2/h8,11,17,20,25-26,29,33,39,42,51H,4-7,9-10,12-16,18-19,21-24,27-28,30-32,34-38,40-41,43-50H2,1-3H3/b11-8-,20-17-,26-25-,33-29-,42-39-. The molecule has 60 heavy (non-hydrogen) atoms. The number of ether oxygens (including phenoxy) is 3. The Morgan fingerprint density at radius 1 is 0.350 bits per heavy atom. The van der Waals surface area contributed by atoms with E-state index in [1.54, 1.807) is 0 Å². The zero-order valence-corrected chi connectivity index (χ0v) is 39.5. The highest BCUT2D eigenvalue weighted by Crippen LogP contribution is 2.14. The molecule has 0 aliphatic heterocycles. The van der Waals surface area contributed by atoms with Crippen LogP contribution in [0, 0.1) is 0 Å². The fraction of sp³-hybridized carbons (Fsp3) is 0.759. The van der Waals surface area contributed by atoms with Gasteiger partial charge in [0.25, 0.3) is 0 Å². The highest BCUT2D eigenvalue weighted by atomic mass is 16.6. The van der Waals surface area contributed by atoms with E-state index < -0.39 is 6.10 Å². The van der Waals surface area contributed by atoms with Gasteiger partial charge in [0.2, 0.25) is 0 Å². The number of carbonyl (C=O) groups is 3. The lowest BCUT2D eigenvalue weighted by Crippen LogP contribution is -2.30. The predicted octanol–water partition coefficient (Wildman–Crippen LogP) is 16.5. The molecule has 0 rings (SSSR count). The second kappa shape index (κ2) is 48.8. The van der Waals surface area contributed by atoms with E-state index in [9.17, 15) is 14.4 Å². The first-order chi connectivity index (χ1) is 29.5. The molecule has 0 spiro atoms. The van der Waals surface area contributed by atoms with Gasteiger partial charge in [0.15, 0.2) is 6.10 Å². The van der Waals surface area contributed by atoms with Crippen LogP contribution in [0.25, 0.3) is 0 Å². The molecule has 1 unspecified atom stereocenters. The third-order valence-corrected chi connectivity index (χ3v) is 10.8. The summed E-state index contributed by atoms with van der Waals surface area (Å²) in [5, 5.41) is 0. The summed E-state index contributed by atoms with van der Waals surface area (Å²) in [6.45, 7) is 6.45. The van der Waals surface area contributed by atoms with Crippen molar-refractivity contribution in [3.63, 3.8) is 0 Å². The smallest absolute Gasteiger partial charge is 0.306 e. The summed E-state index contributed by atoms with van der Waals surface area (Å²) in [5.41, 5.74) is 0. The Bertz CT molecular complexity index is 1100. The molecule has 6 nitrogen and oxygen atoms in total. The van der Waals surface area contributed by atoms with Crippen LogP contribution in [0.15, 0.2) is 60.8 Å². The number of hydrogen-bond acceptors (Lipinski definition) is 6. The summed E-state index contributed by atoms with van der Waals surface area (Å²) in [6, 6.07) is 0. The van der Waals surface area contributed by atoms with Gasteiger partial charge < -0.3 is 14.2 Å². The molecule has 0 bridgehead atoms. The van der Waals surface area contributed by atoms with Gasteiger partial charge in [-0.2, -0.15) is 0 Å². The van der Waals surface area contributed by atoms with Gasteiger partial charge in [0.1, 0.15) is 13.2 Å². The predicted molar refractivity (Wildman–Crippen MR) is 256 cm³/mol. The number of esters is 3. The van der Waals surface area contributed by atoms with E-state index in [4.69, 9.17) is 14.2 Å². The Hall–Kier alpha value is -2.89. The molecule has 0 saturated heterocycles. The molecular formula is C54H94O6. The summed E-state index contributed by atoms with van der Waals surface area (Å²) in [7, 11) is 0. The van der Waals surface area contributed by atoms with Crippen LogP contribution in [-0.2, 0) is 28.6 Å². The van der Waals surface area contributed by atoms with Gasteiger partial charge in [-0.05, 0) is 70.6 Å². The van der Waals surface area contributed by atoms with E-state index in [0.717, 1.165) is 64.2 Å². The van der Waals surface area contributed by atoms with E-state index >= 15 is 0 Å². The van der Waals surface area contributed by atoms with Crippen LogP contribution in [-0.4, -0.2) is 37.2 Å². The molecule has 0 N–H and O–H groups in total. The van der Waals surface area contributed by atoms with Crippen LogP contribution in [0.5, 0.6) is 0 Å². The average Bonchev–Trinajstić information content (AvgIpc) is 3.24. The maximum atomic E-state index is 12.7. The number of rotatable bonds is 45.